The molecule has 5 heteroatoms. The second kappa shape index (κ2) is 4.41. The summed E-state index contributed by atoms with van der Waals surface area (Å²) < 4.78 is 23.7. The summed E-state index contributed by atoms with van der Waals surface area (Å²) in [6, 6.07) is 1.71. The Morgan fingerprint density at radius 1 is 1.50 bits per heavy atom. The van der Waals surface area contributed by atoms with Crippen molar-refractivity contribution in [3.05, 3.63) is 21.9 Å². The van der Waals surface area contributed by atoms with Gasteiger partial charge in [-0.15, -0.1) is 11.3 Å². The first kappa shape index (κ1) is 11.0. The molecule has 0 aliphatic rings. The lowest BCUT2D eigenvalue weighted by atomic mass is 10.1. The summed E-state index contributed by atoms with van der Waals surface area (Å²) in [6.07, 6.45) is -3.77. The molecule has 1 rings (SSSR count). The highest BCUT2D eigenvalue weighted by molar-refractivity contribution is 7.12. The first-order valence-electron chi connectivity index (χ1n) is 3.90. The van der Waals surface area contributed by atoms with Crippen LogP contribution < -0.4 is 0 Å². The number of Topliss-reactive ketones (excluding diaryl/α,β-unsaturated/α-hetero) is 2. The molecule has 1 heterocycles. The lowest BCUT2D eigenvalue weighted by Crippen LogP contribution is -2.15. The number of ketones is 2. The Morgan fingerprint density at radius 3 is 2.57 bits per heavy atom. The third kappa shape index (κ3) is 2.45. The first-order valence-corrected chi connectivity index (χ1v) is 4.78. The van der Waals surface area contributed by atoms with Gasteiger partial charge in [-0.2, -0.15) is 0 Å². The minimum atomic E-state index is -3.06. The minimum absolute atomic E-state index is 0.388. The average molecular weight is 218 g/mol. The molecule has 76 valence electrons. The first-order chi connectivity index (χ1) is 6.52. The number of halogens is 2. The molecule has 2 nitrogen and oxygen atoms in total. The molecule has 0 bridgehead atoms. The Kier molecular flexibility index (Phi) is 3.46. The molecule has 0 spiro atoms. The van der Waals surface area contributed by atoms with Crippen molar-refractivity contribution in [2.45, 2.75) is 19.8 Å². The van der Waals surface area contributed by atoms with Crippen LogP contribution in [0.1, 0.15) is 21.7 Å². The van der Waals surface area contributed by atoms with E-state index in [1.807, 2.05) is 0 Å². The predicted molar refractivity (Wildman–Crippen MR) is 49.0 cm³/mol. The number of aryl methyl sites for hydroxylation is 1. The van der Waals surface area contributed by atoms with Crippen LogP contribution in [0.3, 0.4) is 0 Å². The van der Waals surface area contributed by atoms with Gasteiger partial charge in [0.15, 0.2) is 5.78 Å². The van der Waals surface area contributed by atoms with Gasteiger partial charge in [0.25, 0.3) is 6.43 Å². The van der Waals surface area contributed by atoms with Gasteiger partial charge in [0.1, 0.15) is 0 Å². The van der Waals surface area contributed by atoms with Gasteiger partial charge in [-0.05, 0) is 23.9 Å². The summed E-state index contributed by atoms with van der Waals surface area (Å²) >= 11 is 1.16. The highest BCUT2D eigenvalue weighted by Gasteiger charge is 2.21. The molecule has 1 aromatic heterocycles. The van der Waals surface area contributed by atoms with E-state index in [1.165, 1.54) is 0 Å². The Hall–Kier alpha value is -1.10. The van der Waals surface area contributed by atoms with Gasteiger partial charge in [0.2, 0.25) is 5.78 Å². The van der Waals surface area contributed by atoms with Crippen molar-refractivity contribution in [3.8, 4) is 0 Å². The van der Waals surface area contributed by atoms with E-state index in [0.29, 0.717) is 4.88 Å². The SMILES string of the molecule is Cc1ccsc1C(=O)CC(=O)C(F)F. The summed E-state index contributed by atoms with van der Waals surface area (Å²) in [5, 5.41) is 1.69. The summed E-state index contributed by atoms with van der Waals surface area (Å²) in [4.78, 5) is 22.3. The van der Waals surface area contributed by atoms with Crippen LogP contribution in [0.5, 0.6) is 0 Å². The molecule has 0 aliphatic heterocycles. The van der Waals surface area contributed by atoms with Gasteiger partial charge in [0.05, 0.1) is 11.3 Å². The molecule has 0 unspecified atom stereocenters. The third-order valence-electron chi connectivity index (χ3n) is 1.69. The maximum Gasteiger partial charge on any atom is 0.296 e. The molecule has 1 aromatic rings. The molecule has 0 N–H and O–H groups in total. The van der Waals surface area contributed by atoms with E-state index in [2.05, 4.69) is 0 Å². The highest BCUT2D eigenvalue weighted by atomic mass is 32.1. The van der Waals surface area contributed by atoms with Crippen LogP contribution in [0.15, 0.2) is 11.4 Å². The Morgan fingerprint density at radius 2 is 2.14 bits per heavy atom. The number of carbonyl (C=O) groups is 2. The summed E-state index contributed by atoms with van der Waals surface area (Å²) in [6.45, 7) is 1.70. The van der Waals surface area contributed by atoms with Crippen LogP contribution in [0.2, 0.25) is 0 Å². The van der Waals surface area contributed by atoms with Crippen LogP contribution in [0.4, 0.5) is 8.78 Å². The number of thiophene rings is 1. The van der Waals surface area contributed by atoms with Crippen molar-refractivity contribution in [2.75, 3.05) is 0 Å². The number of hydrogen-bond donors (Lipinski definition) is 0. The fourth-order valence-electron chi connectivity index (χ4n) is 0.974. The Balaban J connectivity index is 2.69. The van der Waals surface area contributed by atoms with Crippen molar-refractivity contribution < 1.29 is 18.4 Å². The molecule has 0 fully saturated rings. The van der Waals surface area contributed by atoms with Crippen molar-refractivity contribution in [2.24, 2.45) is 0 Å². The summed E-state index contributed by atoms with van der Waals surface area (Å²) in [5.41, 5.74) is 0.724. The van der Waals surface area contributed by atoms with E-state index >= 15 is 0 Å². The zero-order chi connectivity index (χ0) is 10.7. The molecule has 14 heavy (non-hydrogen) atoms. The van der Waals surface area contributed by atoms with Gasteiger partial charge in [0, 0.05) is 0 Å². The zero-order valence-corrected chi connectivity index (χ0v) is 8.24. The van der Waals surface area contributed by atoms with Crippen LogP contribution in [0.25, 0.3) is 0 Å². The second-order valence-corrected chi connectivity index (χ2v) is 3.72. The highest BCUT2D eigenvalue weighted by Crippen LogP contribution is 2.18. The number of rotatable bonds is 4. The molecular formula is C9H8F2O2S. The standard InChI is InChI=1S/C9H8F2O2S/c1-5-2-3-14-8(5)6(12)4-7(13)9(10)11/h2-3,9H,4H2,1H3. The summed E-state index contributed by atoms with van der Waals surface area (Å²) in [7, 11) is 0. The monoisotopic (exact) mass is 218 g/mol. The topological polar surface area (TPSA) is 34.1 Å². The van der Waals surface area contributed by atoms with Crippen molar-refractivity contribution in [3.63, 3.8) is 0 Å². The van der Waals surface area contributed by atoms with E-state index in [4.69, 9.17) is 0 Å². The van der Waals surface area contributed by atoms with Crippen LogP contribution in [-0.2, 0) is 4.79 Å². The molecule has 0 saturated carbocycles. The van der Waals surface area contributed by atoms with Crippen LogP contribution in [-0.4, -0.2) is 18.0 Å². The third-order valence-corrected chi connectivity index (χ3v) is 2.75. The molecule has 0 saturated heterocycles. The quantitative estimate of drug-likeness (QED) is 0.574. The van der Waals surface area contributed by atoms with E-state index in [1.54, 1.807) is 18.4 Å². The van der Waals surface area contributed by atoms with Gasteiger partial charge in [-0.25, -0.2) is 8.78 Å². The maximum absolute atomic E-state index is 11.8. The lowest BCUT2D eigenvalue weighted by Gasteiger charge is -1.98. The van der Waals surface area contributed by atoms with Crippen LogP contribution >= 0.6 is 11.3 Å². The van der Waals surface area contributed by atoms with E-state index in [9.17, 15) is 18.4 Å². The molecular weight excluding hydrogens is 210 g/mol. The van der Waals surface area contributed by atoms with E-state index < -0.39 is 24.4 Å². The average Bonchev–Trinajstić information content (AvgIpc) is 2.51. The van der Waals surface area contributed by atoms with Gasteiger partial charge >= 0.3 is 0 Å². The van der Waals surface area contributed by atoms with Crippen molar-refractivity contribution >= 4 is 22.9 Å². The summed E-state index contributed by atoms with van der Waals surface area (Å²) in [5.74, 6) is -1.84. The minimum Gasteiger partial charge on any atom is -0.293 e. The Labute approximate surface area is 83.6 Å². The van der Waals surface area contributed by atoms with Crippen molar-refractivity contribution in [1.29, 1.82) is 0 Å². The molecule has 0 atom stereocenters. The number of hydrogen-bond acceptors (Lipinski definition) is 3. The molecule has 0 aromatic carbocycles. The van der Waals surface area contributed by atoms with Gasteiger partial charge < -0.3 is 0 Å². The fraction of sp³-hybridized carbons (Fsp3) is 0.333. The van der Waals surface area contributed by atoms with Crippen LogP contribution in [0, 0.1) is 6.92 Å². The zero-order valence-electron chi connectivity index (χ0n) is 7.42. The maximum atomic E-state index is 11.8. The van der Waals surface area contributed by atoms with Crippen molar-refractivity contribution in [1.82, 2.24) is 0 Å². The molecule has 0 radical (unpaired) electrons. The lowest BCUT2D eigenvalue weighted by molar-refractivity contribution is -0.128. The van der Waals surface area contributed by atoms with Gasteiger partial charge in [-0.3, -0.25) is 9.59 Å². The smallest absolute Gasteiger partial charge is 0.293 e. The Bertz CT molecular complexity index is 357. The normalized spacial score (nSPS) is 10.6. The van der Waals surface area contributed by atoms with E-state index in [0.717, 1.165) is 16.9 Å². The largest absolute Gasteiger partial charge is 0.296 e. The molecule has 0 amide bonds. The fourth-order valence-corrected chi connectivity index (χ4v) is 1.84. The van der Waals surface area contributed by atoms with E-state index in [-0.39, 0.29) is 0 Å². The van der Waals surface area contributed by atoms with Gasteiger partial charge in [-0.1, -0.05) is 0 Å². The predicted octanol–water partition coefficient (Wildman–Crippen LogP) is 2.46. The number of carbonyl (C=O) groups excluding carboxylic acids is 2. The second-order valence-electron chi connectivity index (χ2n) is 2.80. The number of alkyl halides is 2. The molecule has 0 aliphatic carbocycles.